The van der Waals surface area contributed by atoms with Crippen molar-refractivity contribution in [2.75, 3.05) is 20.3 Å². The number of aromatic nitrogens is 1. The van der Waals surface area contributed by atoms with Gasteiger partial charge >= 0.3 is 0 Å². The van der Waals surface area contributed by atoms with Crippen molar-refractivity contribution >= 4 is 5.91 Å². The van der Waals surface area contributed by atoms with Crippen LogP contribution < -0.4 is 10.9 Å². The van der Waals surface area contributed by atoms with Crippen molar-refractivity contribution in [3.05, 3.63) is 34.2 Å². The molecule has 17 heavy (non-hydrogen) atoms. The fourth-order valence-electron chi connectivity index (χ4n) is 1.45. The van der Waals surface area contributed by atoms with Crippen molar-refractivity contribution in [2.24, 2.45) is 0 Å². The first kappa shape index (κ1) is 13.4. The molecule has 5 heteroatoms. The van der Waals surface area contributed by atoms with Crippen molar-refractivity contribution in [1.82, 2.24) is 9.88 Å². The monoisotopic (exact) mass is 238 g/mol. The molecule has 0 saturated heterocycles. The van der Waals surface area contributed by atoms with Gasteiger partial charge in [0.25, 0.3) is 5.56 Å². The summed E-state index contributed by atoms with van der Waals surface area (Å²) in [5.41, 5.74) is 0.952. The highest BCUT2D eigenvalue weighted by Crippen LogP contribution is 1.92. The van der Waals surface area contributed by atoms with Gasteiger partial charge in [0, 0.05) is 32.5 Å². The quantitative estimate of drug-likeness (QED) is 0.726. The largest absolute Gasteiger partial charge is 0.375 e. The molecule has 1 rings (SSSR count). The number of nitrogens with one attached hydrogen (secondary N) is 1. The maximum atomic E-state index is 11.5. The zero-order valence-electron chi connectivity index (χ0n) is 10.2. The van der Waals surface area contributed by atoms with Crippen LogP contribution in [0.1, 0.15) is 12.0 Å². The summed E-state index contributed by atoms with van der Waals surface area (Å²) in [6.07, 6.45) is 2.49. The van der Waals surface area contributed by atoms with Crippen LogP contribution in [0.25, 0.3) is 0 Å². The second-order valence-corrected chi connectivity index (χ2v) is 3.87. The summed E-state index contributed by atoms with van der Waals surface area (Å²) < 4.78 is 6.32. The molecule has 0 atom stereocenters. The van der Waals surface area contributed by atoms with Gasteiger partial charge < -0.3 is 14.6 Å². The van der Waals surface area contributed by atoms with Crippen LogP contribution in [0.4, 0.5) is 0 Å². The van der Waals surface area contributed by atoms with E-state index in [1.807, 2.05) is 13.0 Å². The summed E-state index contributed by atoms with van der Waals surface area (Å²) in [6, 6.07) is 3.49. The van der Waals surface area contributed by atoms with Gasteiger partial charge in [0.05, 0.1) is 0 Å². The second-order valence-electron chi connectivity index (χ2n) is 3.87. The minimum absolute atomic E-state index is 0.00628. The van der Waals surface area contributed by atoms with Crippen molar-refractivity contribution in [3.63, 3.8) is 0 Å². The molecule has 94 valence electrons. The average molecular weight is 238 g/mol. The average Bonchev–Trinajstić information content (AvgIpc) is 2.27. The van der Waals surface area contributed by atoms with Gasteiger partial charge in [-0.15, -0.1) is 0 Å². The fraction of sp³-hybridized carbons (Fsp3) is 0.500. The Balaban J connectivity index is 2.31. The maximum Gasteiger partial charge on any atom is 0.250 e. The number of hydrogen-bond donors (Lipinski definition) is 1. The van der Waals surface area contributed by atoms with Crippen LogP contribution in [0, 0.1) is 6.92 Å². The number of rotatable bonds is 6. The van der Waals surface area contributed by atoms with Crippen molar-refractivity contribution in [1.29, 1.82) is 0 Å². The van der Waals surface area contributed by atoms with Crippen molar-refractivity contribution in [2.45, 2.75) is 19.9 Å². The van der Waals surface area contributed by atoms with Crippen LogP contribution in [0.5, 0.6) is 0 Å². The van der Waals surface area contributed by atoms with E-state index in [4.69, 9.17) is 0 Å². The number of ether oxygens (including phenoxy) is 1. The van der Waals surface area contributed by atoms with Gasteiger partial charge in [0.15, 0.2) is 0 Å². The summed E-state index contributed by atoms with van der Waals surface area (Å²) in [6.45, 7) is 3.11. The first-order chi connectivity index (χ1) is 8.13. The molecular weight excluding hydrogens is 220 g/mol. The molecule has 1 N–H and O–H groups in total. The topological polar surface area (TPSA) is 60.3 Å². The molecule has 1 aromatic heterocycles. The first-order valence-electron chi connectivity index (χ1n) is 5.56. The first-order valence-corrected chi connectivity index (χ1v) is 5.56. The van der Waals surface area contributed by atoms with Crippen LogP contribution >= 0.6 is 0 Å². The SMILES string of the molecule is COCC(=O)NCCCn1ccc(C)cc1=O. The van der Waals surface area contributed by atoms with E-state index >= 15 is 0 Å². The van der Waals surface area contributed by atoms with Crippen LogP contribution in [0.15, 0.2) is 23.1 Å². The zero-order chi connectivity index (χ0) is 12.7. The Morgan fingerprint density at radius 2 is 2.29 bits per heavy atom. The highest BCUT2D eigenvalue weighted by molar-refractivity contribution is 5.77. The van der Waals surface area contributed by atoms with Gasteiger partial charge in [-0.2, -0.15) is 0 Å². The molecule has 0 fully saturated rings. The molecule has 0 radical (unpaired) electrons. The summed E-state index contributed by atoms with van der Waals surface area (Å²) in [5.74, 6) is -0.135. The Kier molecular flexibility index (Phi) is 5.42. The van der Waals surface area contributed by atoms with Gasteiger partial charge in [0.2, 0.25) is 5.91 Å². The van der Waals surface area contributed by atoms with E-state index in [2.05, 4.69) is 10.1 Å². The minimum Gasteiger partial charge on any atom is -0.375 e. The molecule has 0 aliphatic heterocycles. The standard InChI is InChI=1S/C12H18N2O3/c1-10-4-7-14(12(16)8-10)6-3-5-13-11(15)9-17-2/h4,7-8H,3,5-6,9H2,1-2H3,(H,13,15). The van der Waals surface area contributed by atoms with Crippen LogP contribution in [0.3, 0.4) is 0 Å². The maximum absolute atomic E-state index is 11.5. The molecule has 0 bridgehead atoms. The van der Waals surface area contributed by atoms with Gasteiger partial charge in [-0.25, -0.2) is 0 Å². The second kappa shape index (κ2) is 6.85. The lowest BCUT2D eigenvalue weighted by molar-refractivity contribution is -0.124. The number of carbonyl (C=O) groups excluding carboxylic acids is 1. The molecule has 0 aliphatic carbocycles. The number of carbonyl (C=O) groups is 1. The zero-order valence-corrected chi connectivity index (χ0v) is 10.2. The van der Waals surface area contributed by atoms with E-state index in [1.165, 1.54) is 7.11 Å². The highest BCUT2D eigenvalue weighted by Gasteiger charge is 1.99. The molecule has 1 amide bonds. The lowest BCUT2D eigenvalue weighted by atomic mass is 10.3. The molecule has 1 aromatic rings. The van der Waals surface area contributed by atoms with Gasteiger partial charge in [-0.1, -0.05) is 0 Å². The third kappa shape index (κ3) is 4.82. The van der Waals surface area contributed by atoms with E-state index in [0.29, 0.717) is 13.1 Å². The van der Waals surface area contributed by atoms with Crippen LogP contribution in [-0.2, 0) is 16.1 Å². The Labute approximate surface area is 100 Å². The van der Waals surface area contributed by atoms with E-state index < -0.39 is 0 Å². The fourth-order valence-corrected chi connectivity index (χ4v) is 1.45. The predicted molar refractivity (Wildman–Crippen MR) is 64.9 cm³/mol. The lowest BCUT2D eigenvalue weighted by Crippen LogP contribution is -2.29. The number of pyridine rings is 1. The molecule has 0 unspecified atom stereocenters. The molecule has 1 heterocycles. The lowest BCUT2D eigenvalue weighted by Gasteiger charge is -2.07. The van der Waals surface area contributed by atoms with E-state index in [1.54, 1.807) is 16.8 Å². The van der Waals surface area contributed by atoms with Crippen LogP contribution in [0.2, 0.25) is 0 Å². The van der Waals surface area contributed by atoms with E-state index in [0.717, 1.165) is 12.0 Å². The molecule has 0 spiro atoms. The predicted octanol–water partition coefficient (Wildman–Crippen LogP) is 0.309. The van der Waals surface area contributed by atoms with Crippen molar-refractivity contribution in [3.8, 4) is 0 Å². The summed E-state index contributed by atoms with van der Waals surface area (Å²) in [7, 11) is 1.48. The van der Waals surface area contributed by atoms with Gasteiger partial charge in [0.1, 0.15) is 6.61 Å². The smallest absolute Gasteiger partial charge is 0.250 e. The Morgan fingerprint density at radius 1 is 1.53 bits per heavy atom. The number of nitrogens with zero attached hydrogens (tertiary/aromatic N) is 1. The molecule has 0 saturated carbocycles. The molecule has 5 nitrogen and oxygen atoms in total. The van der Waals surface area contributed by atoms with Gasteiger partial charge in [-0.3, -0.25) is 9.59 Å². The van der Waals surface area contributed by atoms with Crippen molar-refractivity contribution < 1.29 is 9.53 Å². The van der Waals surface area contributed by atoms with Crippen LogP contribution in [-0.4, -0.2) is 30.7 Å². The molecular formula is C12H18N2O3. The van der Waals surface area contributed by atoms with E-state index in [-0.39, 0.29) is 18.1 Å². The highest BCUT2D eigenvalue weighted by atomic mass is 16.5. The Hall–Kier alpha value is -1.62. The third-order valence-electron chi connectivity index (χ3n) is 2.32. The summed E-state index contributed by atoms with van der Waals surface area (Å²) in [5, 5.41) is 2.71. The summed E-state index contributed by atoms with van der Waals surface area (Å²) >= 11 is 0. The Bertz CT molecular complexity index is 426. The normalized spacial score (nSPS) is 10.2. The number of aryl methyl sites for hydroxylation is 2. The summed E-state index contributed by atoms with van der Waals surface area (Å²) in [4.78, 5) is 22.6. The third-order valence-corrected chi connectivity index (χ3v) is 2.32. The Morgan fingerprint density at radius 3 is 2.94 bits per heavy atom. The van der Waals surface area contributed by atoms with Gasteiger partial charge in [-0.05, 0) is 25.0 Å². The molecule has 0 aliphatic rings. The number of hydrogen-bond acceptors (Lipinski definition) is 3. The molecule has 0 aromatic carbocycles. The van der Waals surface area contributed by atoms with E-state index in [9.17, 15) is 9.59 Å². The number of amides is 1. The minimum atomic E-state index is -0.135. The number of methoxy groups -OCH3 is 1.